The molecule has 11 heteroatoms. The number of hydrazone groups is 1. The summed E-state index contributed by atoms with van der Waals surface area (Å²) < 4.78 is 29.2. The molecule has 168 valence electrons. The number of hydrogen-bond donors (Lipinski definition) is 1. The first-order valence-corrected chi connectivity index (χ1v) is 11.4. The van der Waals surface area contributed by atoms with Crippen molar-refractivity contribution in [3.8, 4) is 5.69 Å². The van der Waals surface area contributed by atoms with Gasteiger partial charge in [-0.3, -0.25) is 15.5 Å². The van der Waals surface area contributed by atoms with E-state index in [0.29, 0.717) is 5.71 Å². The van der Waals surface area contributed by atoms with Gasteiger partial charge in [0.15, 0.2) is 0 Å². The van der Waals surface area contributed by atoms with Gasteiger partial charge >= 0.3 is 0 Å². The number of sulfonamides is 1. The second-order valence-electron chi connectivity index (χ2n) is 6.85. The number of anilines is 1. The number of hydrogen-bond acceptors (Lipinski definition) is 7. The van der Waals surface area contributed by atoms with E-state index in [1.165, 1.54) is 16.4 Å². The summed E-state index contributed by atoms with van der Waals surface area (Å²) in [6.07, 6.45) is 5.23. The second kappa shape index (κ2) is 9.71. The highest BCUT2D eigenvalue weighted by Crippen LogP contribution is 2.29. The molecule has 0 aliphatic heterocycles. The minimum absolute atomic E-state index is 0.164. The summed E-state index contributed by atoms with van der Waals surface area (Å²) in [6, 6.07) is 11.3. The SMILES string of the molecule is CCN(CC)S(=O)(=O)c1cc([N+](=O)[O-])ccc1N/N=C(\C)c1ccc(-n2ccnc2)cc1. The minimum Gasteiger partial charge on any atom is -0.306 e. The minimum atomic E-state index is -3.94. The Balaban J connectivity index is 1.92. The lowest BCUT2D eigenvalue weighted by molar-refractivity contribution is -0.385. The van der Waals surface area contributed by atoms with E-state index in [4.69, 9.17) is 0 Å². The average Bonchev–Trinajstić information content (AvgIpc) is 3.33. The fraction of sp³-hybridized carbons (Fsp3) is 0.238. The highest BCUT2D eigenvalue weighted by molar-refractivity contribution is 7.89. The number of nitrogens with one attached hydrogen (secondary N) is 1. The van der Waals surface area contributed by atoms with E-state index < -0.39 is 14.9 Å². The van der Waals surface area contributed by atoms with E-state index in [-0.39, 0.29) is 29.4 Å². The molecule has 0 fully saturated rings. The van der Waals surface area contributed by atoms with Crippen molar-refractivity contribution in [3.63, 3.8) is 0 Å². The van der Waals surface area contributed by atoms with Crippen LogP contribution in [0.1, 0.15) is 26.3 Å². The topological polar surface area (TPSA) is 123 Å². The zero-order chi connectivity index (χ0) is 23.3. The van der Waals surface area contributed by atoms with Gasteiger partial charge in [-0.05, 0) is 30.7 Å². The van der Waals surface area contributed by atoms with Crippen LogP contribution in [0, 0.1) is 10.1 Å². The van der Waals surface area contributed by atoms with Crippen LogP contribution in [0.4, 0.5) is 11.4 Å². The van der Waals surface area contributed by atoms with Gasteiger partial charge in [0.25, 0.3) is 5.69 Å². The van der Waals surface area contributed by atoms with E-state index in [9.17, 15) is 18.5 Å². The highest BCUT2D eigenvalue weighted by Gasteiger charge is 2.27. The molecule has 0 saturated heterocycles. The molecule has 0 aliphatic carbocycles. The predicted molar refractivity (Wildman–Crippen MR) is 123 cm³/mol. The average molecular weight is 457 g/mol. The summed E-state index contributed by atoms with van der Waals surface area (Å²) in [7, 11) is -3.94. The molecule has 10 nitrogen and oxygen atoms in total. The molecule has 32 heavy (non-hydrogen) atoms. The summed E-state index contributed by atoms with van der Waals surface area (Å²) in [5.74, 6) is 0. The standard InChI is InChI=1S/C21H24N6O4S/c1-4-26(5-2)32(30,31)21-14-19(27(28)29)10-11-20(21)24-23-16(3)17-6-8-18(9-7-17)25-13-12-22-15-25/h6-15,24H,4-5H2,1-3H3/b23-16+. The maximum absolute atomic E-state index is 13.1. The number of nitrogens with zero attached hydrogens (tertiary/aromatic N) is 5. The molecule has 0 saturated carbocycles. The summed E-state index contributed by atoms with van der Waals surface area (Å²) in [5.41, 5.74) is 5.02. The van der Waals surface area contributed by atoms with Crippen LogP contribution in [0.15, 0.2) is 71.2 Å². The number of rotatable bonds is 9. The van der Waals surface area contributed by atoms with Crippen molar-refractivity contribution < 1.29 is 13.3 Å². The fourth-order valence-corrected chi connectivity index (χ4v) is 4.75. The molecule has 1 heterocycles. The highest BCUT2D eigenvalue weighted by atomic mass is 32.2. The van der Waals surface area contributed by atoms with Crippen molar-refractivity contribution in [3.05, 3.63) is 76.9 Å². The lowest BCUT2D eigenvalue weighted by Crippen LogP contribution is -2.31. The van der Waals surface area contributed by atoms with Crippen molar-refractivity contribution in [1.82, 2.24) is 13.9 Å². The summed E-state index contributed by atoms with van der Waals surface area (Å²) in [4.78, 5) is 14.4. The van der Waals surface area contributed by atoms with Gasteiger partial charge in [-0.2, -0.15) is 9.41 Å². The quantitative estimate of drug-likeness (QED) is 0.298. The first-order valence-electron chi connectivity index (χ1n) is 9.95. The zero-order valence-electron chi connectivity index (χ0n) is 18.0. The lowest BCUT2D eigenvalue weighted by Gasteiger charge is -2.20. The third kappa shape index (κ3) is 4.84. The molecule has 1 N–H and O–H groups in total. The van der Waals surface area contributed by atoms with Gasteiger partial charge in [-0.1, -0.05) is 26.0 Å². The van der Waals surface area contributed by atoms with Gasteiger partial charge in [0, 0.05) is 43.3 Å². The maximum atomic E-state index is 13.1. The molecule has 1 aromatic heterocycles. The van der Waals surface area contributed by atoms with Crippen LogP contribution < -0.4 is 5.43 Å². The Labute approximate surface area is 186 Å². The van der Waals surface area contributed by atoms with E-state index in [1.807, 2.05) is 35.0 Å². The van der Waals surface area contributed by atoms with Crippen molar-refractivity contribution in [2.75, 3.05) is 18.5 Å². The summed E-state index contributed by atoms with van der Waals surface area (Å²) >= 11 is 0. The van der Waals surface area contributed by atoms with Crippen LogP contribution in [-0.4, -0.2) is 46.0 Å². The largest absolute Gasteiger partial charge is 0.306 e. The number of imidazole rings is 1. The molecule has 3 aromatic rings. The molecule has 0 radical (unpaired) electrons. The first-order chi connectivity index (χ1) is 15.3. The Hall–Kier alpha value is -3.57. The number of nitro groups is 1. The Kier molecular flexibility index (Phi) is 7.01. The van der Waals surface area contributed by atoms with Gasteiger partial charge < -0.3 is 4.57 Å². The van der Waals surface area contributed by atoms with E-state index in [1.54, 1.807) is 33.3 Å². The van der Waals surface area contributed by atoms with Crippen molar-refractivity contribution >= 4 is 27.1 Å². The normalized spacial score (nSPS) is 12.2. The summed E-state index contributed by atoms with van der Waals surface area (Å²) in [6.45, 7) is 5.69. The summed E-state index contributed by atoms with van der Waals surface area (Å²) in [5, 5.41) is 15.5. The molecule has 0 aliphatic rings. The Morgan fingerprint density at radius 2 is 1.88 bits per heavy atom. The van der Waals surface area contributed by atoms with Crippen LogP contribution in [0.5, 0.6) is 0 Å². The lowest BCUT2D eigenvalue weighted by atomic mass is 10.1. The molecular weight excluding hydrogens is 432 g/mol. The third-order valence-corrected chi connectivity index (χ3v) is 7.02. The van der Waals surface area contributed by atoms with Crippen molar-refractivity contribution in [2.45, 2.75) is 25.7 Å². The molecule has 2 aromatic carbocycles. The van der Waals surface area contributed by atoms with Gasteiger partial charge in [0.05, 0.1) is 22.6 Å². The van der Waals surface area contributed by atoms with Crippen LogP contribution in [0.3, 0.4) is 0 Å². The molecule has 0 bridgehead atoms. The Morgan fingerprint density at radius 1 is 1.19 bits per heavy atom. The number of non-ortho nitro benzene ring substituents is 1. The number of nitro benzene ring substituents is 1. The smallest absolute Gasteiger partial charge is 0.270 e. The van der Waals surface area contributed by atoms with Crippen LogP contribution >= 0.6 is 0 Å². The van der Waals surface area contributed by atoms with Gasteiger partial charge in [-0.25, -0.2) is 13.4 Å². The van der Waals surface area contributed by atoms with Gasteiger partial charge in [-0.15, -0.1) is 0 Å². The van der Waals surface area contributed by atoms with E-state index in [0.717, 1.165) is 17.3 Å². The van der Waals surface area contributed by atoms with Crippen LogP contribution in [0.2, 0.25) is 0 Å². The number of benzene rings is 2. The molecule has 0 atom stereocenters. The first kappa shape index (κ1) is 23.1. The molecule has 0 unspecified atom stereocenters. The molecule has 3 rings (SSSR count). The Bertz CT molecular complexity index is 1220. The van der Waals surface area contributed by atoms with Crippen molar-refractivity contribution in [2.24, 2.45) is 5.10 Å². The van der Waals surface area contributed by atoms with Crippen LogP contribution in [-0.2, 0) is 10.0 Å². The maximum Gasteiger partial charge on any atom is 0.270 e. The van der Waals surface area contributed by atoms with Crippen LogP contribution in [0.25, 0.3) is 5.69 Å². The van der Waals surface area contributed by atoms with E-state index in [2.05, 4.69) is 15.5 Å². The Morgan fingerprint density at radius 3 is 2.44 bits per heavy atom. The molecular formula is C21H24N6O4S. The second-order valence-corrected chi connectivity index (χ2v) is 8.76. The zero-order valence-corrected chi connectivity index (χ0v) is 18.8. The van der Waals surface area contributed by atoms with Crippen molar-refractivity contribution in [1.29, 1.82) is 0 Å². The third-order valence-electron chi connectivity index (χ3n) is 4.93. The number of aromatic nitrogens is 2. The fourth-order valence-electron chi connectivity index (χ4n) is 3.13. The molecule has 0 amide bonds. The molecule has 0 spiro atoms. The predicted octanol–water partition coefficient (Wildman–Crippen LogP) is 3.65. The van der Waals surface area contributed by atoms with E-state index >= 15 is 0 Å². The van der Waals surface area contributed by atoms with Gasteiger partial charge in [0.2, 0.25) is 10.0 Å². The monoisotopic (exact) mass is 456 g/mol. The van der Waals surface area contributed by atoms with Gasteiger partial charge in [0.1, 0.15) is 4.90 Å².